The van der Waals surface area contributed by atoms with E-state index in [-0.39, 0.29) is 12.3 Å². The van der Waals surface area contributed by atoms with E-state index in [1.807, 2.05) is 0 Å². The standard InChI is InChI=1S/C11H25N3O3S/c1-5-14(18(4,16)17)8-6-7-13-10(15)9-11(2,3)12/h5-9,12H2,1-4H3,(H,13,15). The van der Waals surface area contributed by atoms with Crippen molar-refractivity contribution in [2.45, 2.75) is 39.2 Å². The predicted octanol–water partition coefficient (Wildman–Crippen LogP) is -0.0984. The Morgan fingerprint density at radius 2 is 1.94 bits per heavy atom. The fourth-order valence-electron chi connectivity index (χ4n) is 1.52. The van der Waals surface area contributed by atoms with Gasteiger partial charge in [-0.1, -0.05) is 6.92 Å². The summed E-state index contributed by atoms with van der Waals surface area (Å²) in [4.78, 5) is 11.4. The Labute approximate surface area is 110 Å². The van der Waals surface area contributed by atoms with Crippen LogP contribution in [0, 0.1) is 0 Å². The molecule has 0 spiro atoms. The highest BCUT2D eigenvalue weighted by atomic mass is 32.2. The first kappa shape index (κ1) is 17.3. The van der Waals surface area contributed by atoms with Gasteiger partial charge in [-0.25, -0.2) is 12.7 Å². The number of amides is 1. The van der Waals surface area contributed by atoms with E-state index >= 15 is 0 Å². The molecule has 7 heteroatoms. The van der Waals surface area contributed by atoms with Crippen LogP contribution in [0.25, 0.3) is 0 Å². The SMILES string of the molecule is CCN(CCCNC(=O)CC(C)(C)N)S(C)(=O)=O. The van der Waals surface area contributed by atoms with Gasteiger partial charge in [0.25, 0.3) is 0 Å². The molecule has 0 rings (SSSR count). The lowest BCUT2D eigenvalue weighted by Crippen LogP contribution is -2.40. The van der Waals surface area contributed by atoms with E-state index in [4.69, 9.17) is 5.73 Å². The first-order valence-electron chi connectivity index (χ1n) is 6.07. The van der Waals surface area contributed by atoms with Crippen molar-refractivity contribution in [3.8, 4) is 0 Å². The summed E-state index contributed by atoms with van der Waals surface area (Å²) < 4.78 is 24.0. The molecule has 0 aromatic heterocycles. The lowest BCUT2D eigenvalue weighted by molar-refractivity contribution is -0.122. The van der Waals surface area contributed by atoms with Crippen molar-refractivity contribution in [1.29, 1.82) is 0 Å². The predicted molar refractivity (Wildman–Crippen MR) is 72.6 cm³/mol. The molecule has 108 valence electrons. The van der Waals surface area contributed by atoms with Gasteiger partial charge in [-0.2, -0.15) is 0 Å². The van der Waals surface area contributed by atoms with Gasteiger partial charge in [0, 0.05) is 31.6 Å². The highest BCUT2D eigenvalue weighted by Gasteiger charge is 2.16. The third-order valence-corrected chi connectivity index (χ3v) is 3.72. The van der Waals surface area contributed by atoms with Crippen molar-refractivity contribution in [3.63, 3.8) is 0 Å². The molecule has 0 bridgehead atoms. The maximum Gasteiger partial charge on any atom is 0.221 e. The molecule has 0 saturated heterocycles. The highest BCUT2D eigenvalue weighted by molar-refractivity contribution is 7.88. The van der Waals surface area contributed by atoms with Crippen LogP contribution in [0.2, 0.25) is 0 Å². The zero-order valence-electron chi connectivity index (χ0n) is 11.7. The van der Waals surface area contributed by atoms with Gasteiger partial charge >= 0.3 is 0 Å². The monoisotopic (exact) mass is 279 g/mol. The maximum atomic E-state index is 11.4. The van der Waals surface area contributed by atoms with Crippen molar-refractivity contribution in [3.05, 3.63) is 0 Å². The highest BCUT2D eigenvalue weighted by Crippen LogP contribution is 2.02. The smallest absolute Gasteiger partial charge is 0.221 e. The number of hydrogen-bond acceptors (Lipinski definition) is 4. The number of sulfonamides is 1. The molecule has 18 heavy (non-hydrogen) atoms. The van der Waals surface area contributed by atoms with Crippen LogP contribution in [0.1, 0.15) is 33.6 Å². The van der Waals surface area contributed by atoms with Crippen LogP contribution in [-0.2, 0) is 14.8 Å². The van der Waals surface area contributed by atoms with Crippen LogP contribution in [0.4, 0.5) is 0 Å². The number of rotatable bonds is 8. The lowest BCUT2D eigenvalue weighted by Gasteiger charge is -2.19. The molecule has 0 atom stereocenters. The lowest BCUT2D eigenvalue weighted by atomic mass is 10.0. The molecule has 0 aliphatic rings. The van der Waals surface area contributed by atoms with Crippen LogP contribution in [0.3, 0.4) is 0 Å². The van der Waals surface area contributed by atoms with E-state index in [9.17, 15) is 13.2 Å². The fourth-order valence-corrected chi connectivity index (χ4v) is 2.45. The molecule has 0 aliphatic heterocycles. The minimum atomic E-state index is -3.14. The normalized spacial score (nSPS) is 12.8. The van der Waals surface area contributed by atoms with Gasteiger partial charge in [0.05, 0.1) is 6.26 Å². The molecule has 0 saturated carbocycles. The molecular weight excluding hydrogens is 254 g/mol. The Morgan fingerprint density at radius 3 is 2.33 bits per heavy atom. The van der Waals surface area contributed by atoms with Crippen LogP contribution in [0.15, 0.2) is 0 Å². The molecule has 6 nitrogen and oxygen atoms in total. The van der Waals surface area contributed by atoms with E-state index in [2.05, 4.69) is 5.32 Å². The molecular formula is C11H25N3O3S. The van der Waals surface area contributed by atoms with Crippen LogP contribution < -0.4 is 11.1 Å². The van der Waals surface area contributed by atoms with Crippen molar-refractivity contribution >= 4 is 15.9 Å². The fraction of sp³-hybridized carbons (Fsp3) is 0.909. The molecule has 0 radical (unpaired) electrons. The second kappa shape index (κ2) is 7.06. The largest absolute Gasteiger partial charge is 0.356 e. The van der Waals surface area contributed by atoms with Crippen LogP contribution in [-0.4, -0.2) is 50.1 Å². The Bertz CT molecular complexity index is 360. The minimum Gasteiger partial charge on any atom is -0.356 e. The Morgan fingerprint density at radius 1 is 1.39 bits per heavy atom. The van der Waals surface area contributed by atoms with Gasteiger partial charge in [0.15, 0.2) is 0 Å². The average molecular weight is 279 g/mol. The zero-order valence-corrected chi connectivity index (χ0v) is 12.5. The van der Waals surface area contributed by atoms with Crippen molar-refractivity contribution in [1.82, 2.24) is 9.62 Å². The summed E-state index contributed by atoms with van der Waals surface area (Å²) in [6.45, 7) is 6.69. The second-order valence-corrected chi connectivity index (χ2v) is 7.11. The zero-order chi connectivity index (χ0) is 14.4. The van der Waals surface area contributed by atoms with Gasteiger partial charge in [-0.15, -0.1) is 0 Å². The van der Waals surface area contributed by atoms with Gasteiger partial charge in [0.2, 0.25) is 15.9 Å². The van der Waals surface area contributed by atoms with Crippen molar-refractivity contribution in [2.75, 3.05) is 25.9 Å². The minimum absolute atomic E-state index is 0.107. The summed E-state index contributed by atoms with van der Waals surface area (Å²) in [6, 6.07) is 0. The van der Waals surface area contributed by atoms with E-state index < -0.39 is 15.6 Å². The first-order chi connectivity index (χ1) is 8.06. The van der Waals surface area contributed by atoms with E-state index in [0.717, 1.165) is 0 Å². The third kappa shape index (κ3) is 8.43. The molecule has 0 aromatic rings. The maximum absolute atomic E-state index is 11.4. The second-order valence-electron chi connectivity index (χ2n) is 5.12. The van der Waals surface area contributed by atoms with E-state index in [1.165, 1.54) is 10.6 Å². The number of nitrogens with zero attached hydrogens (tertiary/aromatic N) is 1. The van der Waals surface area contributed by atoms with E-state index in [1.54, 1.807) is 20.8 Å². The average Bonchev–Trinajstić information content (AvgIpc) is 2.12. The molecule has 3 N–H and O–H groups in total. The van der Waals surface area contributed by atoms with Gasteiger partial charge in [0.1, 0.15) is 0 Å². The number of nitrogens with two attached hydrogens (primary N) is 1. The quantitative estimate of drug-likeness (QED) is 0.607. The third-order valence-electron chi connectivity index (χ3n) is 2.34. The Kier molecular flexibility index (Phi) is 6.80. The number of nitrogens with one attached hydrogen (secondary N) is 1. The topological polar surface area (TPSA) is 92.5 Å². The first-order valence-corrected chi connectivity index (χ1v) is 7.92. The Hall–Kier alpha value is -0.660. The summed E-state index contributed by atoms with van der Waals surface area (Å²) >= 11 is 0. The number of carbonyl (C=O) groups excluding carboxylic acids is 1. The summed E-state index contributed by atoms with van der Waals surface area (Å²) in [5.74, 6) is -0.107. The van der Waals surface area contributed by atoms with E-state index in [0.29, 0.717) is 26.1 Å². The van der Waals surface area contributed by atoms with Gasteiger partial charge < -0.3 is 11.1 Å². The van der Waals surface area contributed by atoms with Gasteiger partial charge in [-0.05, 0) is 20.3 Å². The summed E-state index contributed by atoms with van der Waals surface area (Å²) in [5.41, 5.74) is 5.20. The molecule has 1 amide bonds. The molecule has 0 heterocycles. The molecule has 0 aliphatic carbocycles. The van der Waals surface area contributed by atoms with Gasteiger partial charge in [-0.3, -0.25) is 4.79 Å². The number of carbonyl (C=O) groups is 1. The van der Waals surface area contributed by atoms with Crippen LogP contribution in [0.5, 0.6) is 0 Å². The Balaban J connectivity index is 3.90. The summed E-state index contributed by atoms with van der Waals surface area (Å²) in [5, 5.41) is 2.73. The van der Waals surface area contributed by atoms with Crippen LogP contribution >= 0.6 is 0 Å². The summed E-state index contributed by atoms with van der Waals surface area (Å²) in [7, 11) is -3.14. The summed E-state index contributed by atoms with van der Waals surface area (Å²) in [6.07, 6.45) is 2.04. The molecule has 0 unspecified atom stereocenters. The number of hydrogen-bond donors (Lipinski definition) is 2. The van der Waals surface area contributed by atoms with Crippen molar-refractivity contribution < 1.29 is 13.2 Å². The molecule has 0 fully saturated rings. The molecule has 0 aromatic carbocycles. The van der Waals surface area contributed by atoms with Crippen molar-refractivity contribution in [2.24, 2.45) is 5.73 Å².